The van der Waals surface area contributed by atoms with Crippen molar-refractivity contribution in [1.29, 1.82) is 0 Å². The summed E-state index contributed by atoms with van der Waals surface area (Å²) in [6.45, 7) is 4.76. The molecule has 0 saturated carbocycles. The molecule has 13 rings (SSSR count). The first-order chi connectivity index (χ1) is 40.9. The van der Waals surface area contributed by atoms with Crippen molar-refractivity contribution < 1.29 is 0 Å². The Kier molecular flexibility index (Phi) is 14.3. The van der Waals surface area contributed by atoms with Gasteiger partial charge in [0.15, 0.2) is 0 Å². The summed E-state index contributed by atoms with van der Waals surface area (Å²) in [5, 5.41) is 0. The molecule has 0 aliphatic heterocycles. The van der Waals surface area contributed by atoms with Gasteiger partial charge in [-0.05, 0) is 154 Å². The second kappa shape index (κ2) is 22.8. The first-order valence-corrected chi connectivity index (χ1v) is 28.9. The summed E-state index contributed by atoms with van der Waals surface area (Å²) in [7, 11) is 0. The Hall–Kier alpha value is -10.2. The first kappa shape index (κ1) is 52.2. The Morgan fingerprint density at radius 3 is 0.747 bits per heavy atom. The van der Waals surface area contributed by atoms with E-state index in [2.05, 4.69) is 373 Å². The fraction of sp³-hybridized carbons (Fsp3) is 0.0886. The van der Waals surface area contributed by atoms with Crippen molar-refractivity contribution in [1.82, 2.24) is 0 Å². The lowest BCUT2D eigenvalue weighted by atomic mass is 9.81. The van der Waals surface area contributed by atoms with Crippen molar-refractivity contribution >= 4 is 57.7 Å². The minimum Gasteiger partial charge on any atom is -0.314 e. The van der Waals surface area contributed by atoms with E-state index >= 15 is 0 Å². The highest BCUT2D eigenvalue weighted by molar-refractivity contribution is 5.84. The molecule has 10 aromatic rings. The zero-order valence-electron chi connectivity index (χ0n) is 47.0. The fourth-order valence-corrected chi connectivity index (χ4v) is 12.7. The van der Waals surface area contributed by atoms with Crippen LogP contribution in [0.5, 0.6) is 0 Å². The summed E-state index contributed by atoms with van der Waals surface area (Å²) in [6.07, 6.45) is 24.8. The smallest absolute Gasteiger partial charge is 0.145 e. The minimum absolute atomic E-state index is 0.196. The van der Waals surface area contributed by atoms with Crippen molar-refractivity contribution in [2.45, 2.75) is 43.4 Å². The molecule has 0 radical (unpaired) electrons. The van der Waals surface area contributed by atoms with Gasteiger partial charge < -0.3 is 19.6 Å². The summed E-state index contributed by atoms with van der Waals surface area (Å²) in [5.41, 5.74) is 17.5. The monoisotopic (exact) mass is 1070 g/mol. The summed E-state index contributed by atoms with van der Waals surface area (Å²) >= 11 is 0. The molecule has 0 fully saturated rings. The Morgan fingerprint density at radius 2 is 0.530 bits per heavy atom. The molecular weight excluding hydrogens is 1000 g/mol. The van der Waals surface area contributed by atoms with Gasteiger partial charge in [-0.3, -0.25) is 0 Å². The number of para-hydroxylation sites is 8. The molecule has 402 valence electrons. The van der Waals surface area contributed by atoms with Gasteiger partial charge in [0.25, 0.3) is 0 Å². The van der Waals surface area contributed by atoms with Gasteiger partial charge in [0.1, 0.15) is 11.3 Å². The Labute approximate surface area is 490 Å². The molecule has 4 nitrogen and oxygen atoms in total. The van der Waals surface area contributed by atoms with E-state index in [0.717, 1.165) is 58.3 Å². The van der Waals surface area contributed by atoms with E-state index in [-0.39, 0.29) is 5.41 Å². The second-order valence-electron chi connectivity index (χ2n) is 22.2. The number of rotatable bonds is 16. The maximum Gasteiger partial charge on any atom is 0.145 e. The number of hydrogen-bond donors (Lipinski definition) is 0. The van der Waals surface area contributed by atoms with Gasteiger partial charge in [0.2, 0.25) is 0 Å². The number of allylic oxidation sites excluding steroid dienone is 6. The van der Waals surface area contributed by atoms with Gasteiger partial charge >= 0.3 is 0 Å². The molecule has 0 atom stereocenters. The summed E-state index contributed by atoms with van der Waals surface area (Å²) in [5.74, 6) is 0. The number of anilines is 8. The highest BCUT2D eigenvalue weighted by atomic mass is 15.4. The number of nitrogens with zero attached hydrogens (tertiary/aromatic N) is 4. The molecule has 0 amide bonds. The fourth-order valence-electron chi connectivity index (χ4n) is 12.7. The van der Waals surface area contributed by atoms with Crippen LogP contribution >= 0.6 is 0 Å². The average molecular weight is 1070 g/mol. The predicted molar refractivity (Wildman–Crippen MR) is 351 cm³/mol. The van der Waals surface area contributed by atoms with Crippen LogP contribution in [-0.4, -0.2) is 11.3 Å². The SMILES string of the molecule is CC1(C)c2cc(C=CC3=CCC(N(c4ccccc4)c4ccccc4)(N(c4ccccc4)c4ccccc4)C=C3)ccc2-c2ccc(C=CC3=CCC(N(c4ccccc4)c4ccccc4)(N(c4ccccc4)c4ccccc4)C=C3)cc21. The lowest BCUT2D eigenvalue weighted by molar-refractivity contribution is 0.523. The number of hydrogen-bond acceptors (Lipinski definition) is 4. The zero-order chi connectivity index (χ0) is 56.1. The molecular formula is C79H66N4. The lowest BCUT2D eigenvalue weighted by Gasteiger charge is -2.52. The van der Waals surface area contributed by atoms with Crippen LogP contribution in [0.3, 0.4) is 0 Å². The summed E-state index contributed by atoms with van der Waals surface area (Å²) < 4.78 is 0. The predicted octanol–water partition coefficient (Wildman–Crippen LogP) is 20.5. The van der Waals surface area contributed by atoms with Crippen molar-refractivity contribution in [3.8, 4) is 11.1 Å². The summed E-state index contributed by atoms with van der Waals surface area (Å²) in [4.78, 5) is 9.98. The third-order valence-electron chi connectivity index (χ3n) is 16.7. The van der Waals surface area contributed by atoms with Gasteiger partial charge in [0.05, 0.1) is 0 Å². The number of benzene rings is 10. The average Bonchev–Trinajstić information content (AvgIpc) is 2.64. The zero-order valence-corrected chi connectivity index (χ0v) is 47.0. The van der Waals surface area contributed by atoms with Crippen molar-refractivity contribution in [2.24, 2.45) is 0 Å². The second-order valence-corrected chi connectivity index (χ2v) is 22.2. The molecule has 0 heterocycles. The minimum atomic E-state index is -0.643. The van der Waals surface area contributed by atoms with Gasteiger partial charge in [-0.15, -0.1) is 0 Å². The van der Waals surface area contributed by atoms with E-state index < -0.39 is 11.3 Å². The van der Waals surface area contributed by atoms with Crippen LogP contribution in [0.1, 0.15) is 48.9 Å². The Balaban J connectivity index is 0.786. The maximum absolute atomic E-state index is 2.50. The van der Waals surface area contributed by atoms with Gasteiger partial charge in [-0.2, -0.15) is 0 Å². The molecule has 0 bridgehead atoms. The van der Waals surface area contributed by atoms with Gasteiger partial charge in [-0.25, -0.2) is 0 Å². The third kappa shape index (κ3) is 10.1. The Bertz CT molecular complexity index is 3450. The van der Waals surface area contributed by atoms with Crippen LogP contribution in [0.25, 0.3) is 23.3 Å². The molecule has 0 aromatic heterocycles. The third-order valence-corrected chi connectivity index (χ3v) is 16.7. The van der Waals surface area contributed by atoms with Crippen molar-refractivity contribution in [3.05, 3.63) is 361 Å². The molecule has 0 N–H and O–H groups in total. The van der Waals surface area contributed by atoms with E-state index in [1.54, 1.807) is 0 Å². The molecule has 0 spiro atoms. The maximum atomic E-state index is 2.50. The van der Waals surface area contributed by atoms with E-state index in [1.807, 2.05) is 0 Å². The van der Waals surface area contributed by atoms with E-state index in [9.17, 15) is 0 Å². The van der Waals surface area contributed by atoms with Crippen LogP contribution in [0.2, 0.25) is 0 Å². The van der Waals surface area contributed by atoms with Crippen LogP contribution in [-0.2, 0) is 5.41 Å². The lowest BCUT2D eigenvalue weighted by Crippen LogP contribution is -2.57. The molecule has 10 aromatic carbocycles. The van der Waals surface area contributed by atoms with E-state index in [1.165, 1.54) is 44.5 Å². The van der Waals surface area contributed by atoms with Crippen LogP contribution in [0.4, 0.5) is 45.5 Å². The van der Waals surface area contributed by atoms with Gasteiger partial charge in [-0.1, -0.05) is 244 Å². The van der Waals surface area contributed by atoms with E-state index in [4.69, 9.17) is 0 Å². The van der Waals surface area contributed by atoms with Gasteiger partial charge in [0, 0.05) is 63.8 Å². The molecule has 83 heavy (non-hydrogen) atoms. The Morgan fingerprint density at radius 1 is 0.289 bits per heavy atom. The van der Waals surface area contributed by atoms with Crippen LogP contribution < -0.4 is 19.6 Å². The van der Waals surface area contributed by atoms with Crippen molar-refractivity contribution in [3.63, 3.8) is 0 Å². The quantitative estimate of drug-likeness (QED) is 0.0894. The number of fused-ring (bicyclic) bond motifs is 3. The molecule has 0 saturated heterocycles. The molecule has 4 heteroatoms. The van der Waals surface area contributed by atoms with E-state index in [0.29, 0.717) is 0 Å². The first-order valence-electron chi connectivity index (χ1n) is 28.9. The van der Waals surface area contributed by atoms with Crippen molar-refractivity contribution in [2.75, 3.05) is 19.6 Å². The summed E-state index contributed by atoms with van der Waals surface area (Å²) in [6, 6.07) is 100. The highest BCUT2D eigenvalue weighted by Crippen LogP contribution is 2.51. The van der Waals surface area contributed by atoms with Crippen LogP contribution in [0.15, 0.2) is 339 Å². The van der Waals surface area contributed by atoms with Crippen LogP contribution in [0, 0.1) is 0 Å². The normalized spacial score (nSPS) is 15.3. The molecule has 3 aliphatic carbocycles. The topological polar surface area (TPSA) is 13.0 Å². The largest absolute Gasteiger partial charge is 0.314 e. The highest BCUT2D eigenvalue weighted by Gasteiger charge is 2.45. The standard InChI is InChI=1S/C79H66N4/c1-77(2)75-59-63(45-43-61-51-55-78(56-52-61,80(65-27-11-3-12-28-65)66-29-13-4-14-30-66)81(67-31-15-5-16-32-67)68-33-17-6-18-34-68)47-49-73(75)74-50-48-64(60-76(74)77)46-44-62-53-57-79(58-54-62,82(69-35-19-7-20-36-69)70-37-21-8-22-38-70)83(71-39-23-9-24-40-71)72-41-25-10-26-42-72/h3-55,57,59-60H,56,58H2,1-2H3. The molecule has 0 unspecified atom stereocenters. The molecule has 3 aliphatic rings.